The average Bonchev–Trinajstić information content (AvgIpc) is 2.53. The number of para-hydroxylation sites is 1. The molecule has 0 radical (unpaired) electrons. The van der Waals surface area contributed by atoms with Crippen LogP contribution in [0.1, 0.15) is 0 Å². The van der Waals surface area contributed by atoms with Crippen LogP contribution < -0.4 is 10.9 Å². The largest absolute Gasteiger partial charge is 0.324 e. The zero-order chi connectivity index (χ0) is 17.3. The minimum absolute atomic E-state index is 0.173. The Kier molecular flexibility index (Phi) is 4.89. The van der Waals surface area contributed by atoms with Gasteiger partial charge < -0.3 is 5.32 Å². The minimum atomic E-state index is -0.383. The molecule has 0 atom stereocenters. The fraction of sp³-hybridized carbons (Fsp3) is 0.0625. The molecule has 0 aliphatic rings. The molecule has 1 heterocycles. The van der Waals surface area contributed by atoms with Crippen molar-refractivity contribution in [2.75, 3.05) is 5.32 Å². The fourth-order valence-corrected chi connectivity index (χ4v) is 3.14. The maximum absolute atomic E-state index is 12.5. The number of amides is 1. The molecule has 24 heavy (non-hydrogen) atoms. The Labute approximate surface area is 155 Å². The molecule has 3 rings (SSSR count). The van der Waals surface area contributed by atoms with E-state index in [1.165, 1.54) is 23.0 Å². The molecule has 3 aromatic rings. The number of rotatable bonds is 3. The van der Waals surface area contributed by atoms with Gasteiger partial charge >= 0.3 is 0 Å². The molecule has 0 saturated heterocycles. The average molecular weight is 427 g/mol. The summed E-state index contributed by atoms with van der Waals surface area (Å²) in [6.45, 7) is -0.173. The second kappa shape index (κ2) is 6.93. The molecule has 0 spiro atoms. The fourth-order valence-electron chi connectivity index (χ4n) is 2.21. The third-order valence-electron chi connectivity index (χ3n) is 3.31. The van der Waals surface area contributed by atoms with Crippen LogP contribution in [-0.4, -0.2) is 15.5 Å². The third kappa shape index (κ3) is 3.45. The Morgan fingerprint density at radius 2 is 2.00 bits per heavy atom. The molecule has 0 saturated carbocycles. The first-order chi connectivity index (χ1) is 11.5. The third-order valence-corrected chi connectivity index (χ3v) is 4.51. The van der Waals surface area contributed by atoms with Gasteiger partial charge in [0, 0.05) is 9.50 Å². The highest BCUT2D eigenvalue weighted by Crippen LogP contribution is 2.24. The summed E-state index contributed by atoms with van der Waals surface area (Å²) in [6.07, 6.45) is 1.30. The molecule has 0 bridgehead atoms. The highest BCUT2D eigenvalue weighted by Gasteiger charge is 2.12. The molecule has 0 unspecified atom stereocenters. The number of fused-ring (bicyclic) bond motifs is 1. The molecule has 1 amide bonds. The highest BCUT2D eigenvalue weighted by atomic mass is 79.9. The molecular weight excluding hydrogens is 417 g/mol. The van der Waals surface area contributed by atoms with Crippen LogP contribution in [0.2, 0.25) is 10.0 Å². The van der Waals surface area contributed by atoms with Crippen molar-refractivity contribution in [1.29, 1.82) is 0 Å². The van der Waals surface area contributed by atoms with Crippen molar-refractivity contribution in [3.8, 4) is 0 Å². The van der Waals surface area contributed by atoms with Gasteiger partial charge in [-0.3, -0.25) is 14.2 Å². The maximum atomic E-state index is 12.5. The number of benzene rings is 2. The molecule has 5 nitrogen and oxygen atoms in total. The lowest BCUT2D eigenvalue weighted by Gasteiger charge is -2.09. The second-order valence-corrected chi connectivity index (χ2v) is 6.69. The number of hydrogen-bond acceptors (Lipinski definition) is 3. The SMILES string of the molecule is O=C(Cn1cnc2c(Cl)cc(Cl)cc2c1=O)Nc1ccccc1Br. The van der Waals surface area contributed by atoms with Gasteiger partial charge in [-0.25, -0.2) is 4.98 Å². The summed E-state index contributed by atoms with van der Waals surface area (Å²) < 4.78 is 1.96. The zero-order valence-corrected chi connectivity index (χ0v) is 15.2. The Hall–Kier alpha value is -1.89. The van der Waals surface area contributed by atoms with Crippen LogP contribution in [-0.2, 0) is 11.3 Å². The standard InChI is InChI=1S/C16H10BrCl2N3O2/c17-11-3-1-2-4-13(11)21-14(23)7-22-8-20-15-10(16(22)24)5-9(18)6-12(15)19/h1-6,8H,7H2,(H,21,23). The minimum Gasteiger partial charge on any atom is -0.324 e. The maximum Gasteiger partial charge on any atom is 0.261 e. The van der Waals surface area contributed by atoms with E-state index in [2.05, 4.69) is 26.2 Å². The van der Waals surface area contributed by atoms with Crippen molar-refractivity contribution in [3.05, 3.63) is 67.6 Å². The van der Waals surface area contributed by atoms with Gasteiger partial charge in [-0.2, -0.15) is 0 Å². The number of nitrogens with zero attached hydrogens (tertiary/aromatic N) is 2. The summed E-state index contributed by atoms with van der Waals surface area (Å²) >= 11 is 15.3. The number of carbonyl (C=O) groups excluding carboxylic acids is 1. The van der Waals surface area contributed by atoms with Gasteiger partial charge in [0.1, 0.15) is 6.54 Å². The molecule has 2 aromatic carbocycles. The lowest BCUT2D eigenvalue weighted by molar-refractivity contribution is -0.116. The number of aromatic nitrogens is 2. The quantitative estimate of drug-likeness (QED) is 0.685. The summed E-state index contributed by atoms with van der Waals surface area (Å²) in [4.78, 5) is 28.8. The Balaban J connectivity index is 1.90. The van der Waals surface area contributed by atoms with Crippen LogP contribution in [0.25, 0.3) is 10.9 Å². The molecule has 8 heteroatoms. The molecule has 122 valence electrons. The van der Waals surface area contributed by atoms with E-state index in [0.29, 0.717) is 21.2 Å². The van der Waals surface area contributed by atoms with Crippen LogP contribution in [0.5, 0.6) is 0 Å². The predicted octanol–water partition coefficient (Wildman–Crippen LogP) is 4.10. The first-order valence-corrected chi connectivity index (χ1v) is 8.39. The summed E-state index contributed by atoms with van der Waals surface area (Å²) in [5.41, 5.74) is 0.593. The smallest absolute Gasteiger partial charge is 0.261 e. The molecule has 1 aromatic heterocycles. The van der Waals surface area contributed by atoms with Crippen LogP contribution >= 0.6 is 39.1 Å². The van der Waals surface area contributed by atoms with Gasteiger partial charge in [-0.15, -0.1) is 0 Å². The number of halogens is 3. The Morgan fingerprint density at radius 1 is 1.25 bits per heavy atom. The summed E-state index contributed by atoms with van der Waals surface area (Å²) in [6, 6.07) is 10.2. The van der Waals surface area contributed by atoms with Gasteiger partial charge in [0.2, 0.25) is 5.91 Å². The highest BCUT2D eigenvalue weighted by molar-refractivity contribution is 9.10. The molecule has 1 N–H and O–H groups in total. The zero-order valence-electron chi connectivity index (χ0n) is 12.1. The van der Waals surface area contributed by atoms with Crippen molar-refractivity contribution >= 4 is 61.6 Å². The van der Waals surface area contributed by atoms with Gasteiger partial charge in [0.15, 0.2) is 0 Å². The molecule has 0 aliphatic heterocycles. The van der Waals surface area contributed by atoms with E-state index in [0.717, 1.165) is 4.47 Å². The first-order valence-electron chi connectivity index (χ1n) is 6.84. The van der Waals surface area contributed by atoms with Crippen LogP contribution in [0, 0.1) is 0 Å². The van der Waals surface area contributed by atoms with Crippen molar-refractivity contribution in [2.24, 2.45) is 0 Å². The van der Waals surface area contributed by atoms with Crippen molar-refractivity contribution < 1.29 is 4.79 Å². The molecular formula is C16H10BrCl2N3O2. The summed E-state index contributed by atoms with van der Waals surface area (Å²) in [5.74, 6) is -0.349. The van der Waals surface area contributed by atoms with E-state index in [-0.39, 0.29) is 23.4 Å². The summed E-state index contributed by atoms with van der Waals surface area (Å²) in [7, 11) is 0. The molecule has 0 aliphatic carbocycles. The summed E-state index contributed by atoms with van der Waals surface area (Å²) in [5, 5.41) is 3.62. The van der Waals surface area contributed by atoms with E-state index in [9.17, 15) is 9.59 Å². The van der Waals surface area contributed by atoms with E-state index >= 15 is 0 Å². The van der Waals surface area contributed by atoms with Crippen molar-refractivity contribution in [1.82, 2.24) is 9.55 Å². The number of anilines is 1. The van der Waals surface area contributed by atoms with Gasteiger partial charge in [-0.05, 0) is 40.2 Å². The van der Waals surface area contributed by atoms with Crippen LogP contribution in [0.4, 0.5) is 5.69 Å². The van der Waals surface area contributed by atoms with Crippen molar-refractivity contribution in [2.45, 2.75) is 6.54 Å². The first kappa shape index (κ1) is 17.0. The van der Waals surface area contributed by atoms with Gasteiger partial charge in [-0.1, -0.05) is 35.3 Å². The van der Waals surface area contributed by atoms with Crippen LogP contribution in [0.3, 0.4) is 0 Å². The number of nitrogens with one attached hydrogen (secondary N) is 1. The lowest BCUT2D eigenvalue weighted by atomic mass is 10.2. The van der Waals surface area contributed by atoms with Gasteiger partial charge in [0.25, 0.3) is 5.56 Å². The normalized spacial score (nSPS) is 10.8. The lowest BCUT2D eigenvalue weighted by Crippen LogP contribution is -2.28. The van der Waals surface area contributed by atoms with E-state index in [1.54, 1.807) is 12.1 Å². The van der Waals surface area contributed by atoms with Gasteiger partial charge in [0.05, 0.1) is 27.9 Å². The Morgan fingerprint density at radius 3 is 2.75 bits per heavy atom. The monoisotopic (exact) mass is 425 g/mol. The van der Waals surface area contributed by atoms with E-state index in [4.69, 9.17) is 23.2 Å². The topological polar surface area (TPSA) is 64.0 Å². The van der Waals surface area contributed by atoms with Crippen molar-refractivity contribution in [3.63, 3.8) is 0 Å². The molecule has 0 fully saturated rings. The second-order valence-electron chi connectivity index (χ2n) is 4.99. The number of hydrogen-bond donors (Lipinski definition) is 1. The van der Waals surface area contributed by atoms with Crippen LogP contribution in [0.15, 0.2) is 52.0 Å². The number of carbonyl (C=O) groups is 1. The van der Waals surface area contributed by atoms with E-state index in [1.807, 2.05) is 12.1 Å². The predicted molar refractivity (Wildman–Crippen MR) is 98.8 cm³/mol. The van der Waals surface area contributed by atoms with E-state index < -0.39 is 0 Å². The Bertz CT molecular complexity index is 1000.